The highest BCUT2D eigenvalue weighted by Gasteiger charge is 2.25. The highest BCUT2D eigenvalue weighted by molar-refractivity contribution is 9.10. The number of hydrogen-bond acceptors (Lipinski definition) is 4. The number of aliphatic hydroxyl groups excluding tert-OH is 1. The summed E-state index contributed by atoms with van der Waals surface area (Å²) in [5, 5.41) is 18.5. The van der Waals surface area contributed by atoms with Crippen molar-refractivity contribution in [2.75, 3.05) is 13.2 Å². The Morgan fingerprint density at radius 1 is 1.58 bits per heavy atom. The Morgan fingerprint density at radius 2 is 2.37 bits per heavy atom. The lowest BCUT2D eigenvalue weighted by atomic mass is 10.2. The summed E-state index contributed by atoms with van der Waals surface area (Å²) in [5.41, 5.74) is 1.56. The summed E-state index contributed by atoms with van der Waals surface area (Å²) in [7, 11) is 0. The first-order valence-corrected chi connectivity index (χ1v) is 6.53. The van der Waals surface area contributed by atoms with Crippen molar-refractivity contribution in [2.45, 2.75) is 12.6 Å². The zero-order valence-corrected chi connectivity index (χ0v) is 11.4. The van der Waals surface area contributed by atoms with Crippen LogP contribution < -0.4 is 0 Å². The number of carbonyl (C=O) groups is 1. The molecule has 0 saturated heterocycles. The number of halogens is 1. The maximum absolute atomic E-state index is 11.0. The molecule has 1 aliphatic rings. The number of aliphatic hydroxyl groups is 1. The Balaban J connectivity index is 2.29. The molecule has 1 aromatic carbocycles. The Labute approximate surface area is 116 Å². The average Bonchev–Trinajstić information content (AvgIpc) is 2.76. The molecule has 19 heavy (non-hydrogen) atoms. The van der Waals surface area contributed by atoms with Crippen LogP contribution in [0.15, 0.2) is 16.6 Å². The van der Waals surface area contributed by atoms with Crippen LogP contribution in [0.2, 0.25) is 0 Å². The molecule has 1 atom stereocenters. The number of hydrogen-bond donors (Lipinski definition) is 2. The van der Waals surface area contributed by atoms with Gasteiger partial charge in [-0.3, -0.25) is 0 Å². The molecule has 0 spiro atoms. The van der Waals surface area contributed by atoms with Crippen LogP contribution in [0.5, 0.6) is 0 Å². The zero-order chi connectivity index (χ0) is 13.6. The van der Waals surface area contributed by atoms with Crippen molar-refractivity contribution in [3.8, 4) is 0 Å². The summed E-state index contributed by atoms with van der Waals surface area (Å²) in [4.78, 5) is 15.4. The first-order valence-electron chi connectivity index (χ1n) is 5.74. The fraction of sp³-hybridized carbons (Fsp3) is 0.333. The van der Waals surface area contributed by atoms with Crippen molar-refractivity contribution in [3.63, 3.8) is 0 Å². The molecule has 0 unspecified atom stereocenters. The predicted octanol–water partition coefficient (Wildman–Crippen LogP) is 1.56. The molecule has 0 fully saturated rings. The molecule has 0 saturated carbocycles. The number of carboxylic acid groups (broad SMARTS) is 1. The van der Waals surface area contributed by atoms with Crippen LogP contribution in [0, 0.1) is 0 Å². The Hall–Kier alpha value is -1.44. The van der Waals surface area contributed by atoms with E-state index < -0.39 is 5.97 Å². The number of imidazole rings is 1. The molecule has 100 valence electrons. The molecule has 0 radical (unpaired) electrons. The van der Waals surface area contributed by atoms with Gasteiger partial charge in [-0.25, -0.2) is 9.78 Å². The molecule has 1 aliphatic heterocycles. The highest BCUT2D eigenvalue weighted by Crippen LogP contribution is 2.32. The molecule has 3 rings (SSSR count). The number of nitrogens with zero attached hydrogens (tertiary/aromatic N) is 2. The van der Waals surface area contributed by atoms with Crippen LogP contribution in [0.3, 0.4) is 0 Å². The monoisotopic (exact) mass is 326 g/mol. The molecule has 2 aromatic rings. The van der Waals surface area contributed by atoms with Crippen molar-refractivity contribution in [3.05, 3.63) is 28.0 Å². The summed E-state index contributed by atoms with van der Waals surface area (Å²) in [6.07, 6.45) is 0. The predicted molar refractivity (Wildman–Crippen MR) is 70.2 cm³/mol. The number of benzene rings is 1. The third-order valence-corrected chi connectivity index (χ3v) is 3.78. The fourth-order valence-corrected chi connectivity index (χ4v) is 2.98. The summed E-state index contributed by atoms with van der Waals surface area (Å²) >= 11 is 3.38. The van der Waals surface area contributed by atoms with Gasteiger partial charge >= 0.3 is 5.97 Å². The van der Waals surface area contributed by atoms with Gasteiger partial charge < -0.3 is 19.5 Å². The Bertz CT molecular complexity index is 667. The molecule has 7 heteroatoms. The topological polar surface area (TPSA) is 84.6 Å². The van der Waals surface area contributed by atoms with Gasteiger partial charge in [-0.1, -0.05) is 0 Å². The number of rotatable bonds is 2. The third-order valence-electron chi connectivity index (χ3n) is 3.18. The van der Waals surface area contributed by atoms with Crippen molar-refractivity contribution in [2.24, 2.45) is 0 Å². The van der Waals surface area contributed by atoms with Crippen LogP contribution in [0.1, 0.15) is 22.2 Å². The number of ether oxygens (including phenoxy) is 1. The summed E-state index contributed by atoms with van der Waals surface area (Å²) in [6.45, 7) is 0.730. The number of carboxylic acids is 1. The van der Waals surface area contributed by atoms with Gasteiger partial charge in [-0.15, -0.1) is 0 Å². The molecule has 0 bridgehead atoms. The summed E-state index contributed by atoms with van der Waals surface area (Å²) in [5.74, 6) is -0.299. The van der Waals surface area contributed by atoms with Crippen molar-refractivity contribution < 1.29 is 19.7 Å². The Morgan fingerprint density at radius 3 is 3.05 bits per heavy atom. The van der Waals surface area contributed by atoms with Crippen molar-refractivity contribution in [1.82, 2.24) is 9.55 Å². The molecule has 1 aromatic heterocycles. The molecular formula is C12H11BrN2O4. The standard InChI is InChI=1S/C12H11BrN2O4/c13-8-1-6(12(17)18)2-9-11(8)15-7(3-16)4-19-5-10(15)14-9/h1-2,7,16H,3-5H2,(H,17,18)/t7-/m1/s1. The van der Waals surface area contributed by atoms with E-state index in [1.54, 1.807) is 6.07 Å². The van der Waals surface area contributed by atoms with Crippen LogP contribution in [0.25, 0.3) is 11.0 Å². The lowest BCUT2D eigenvalue weighted by Crippen LogP contribution is -2.26. The minimum absolute atomic E-state index is 0.0500. The zero-order valence-electron chi connectivity index (χ0n) is 9.84. The number of fused-ring (bicyclic) bond motifs is 3. The first kappa shape index (κ1) is 12.6. The van der Waals surface area contributed by atoms with Gasteiger partial charge in [0.05, 0.1) is 35.9 Å². The van der Waals surface area contributed by atoms with Gasteiger partial charge in [0, 0.05) is 4.47 Å². The molecule has 2 N–H and O–H groups in total. The van der Waals surface area contributed by atoms with Crippen molar-refractivity contribution >= 4 is 32.9 Å². The molecule has 6 nitrogen and oxygen atoms in total. The van der Waals surface area contributed by atoms with Crippen LogP contribution in [0.4, 0.5) is 0 Å². The van der Waals surface area contributed by atoms with Gasteiger partial charge in [0.25, 0.3) is 0 Å². The lowest BCUT2D eigenvalue weighted by molar-refractivity contribution is 0.0355. The molecule has 0 amide bonds. The largest absolute Gasteiger partial charge is 0.478 e. The van der Waals surface area contributed by atoms with Crippen LogP contribution in [-0.4, -0.2) is 38.9 Å². The van der Waals surface area contributed by atoms with Crippen LogP contribution >= 0.6 is 15.9 Å². The van der Waals surface area contributed by atoms with E-state index in [9.17, 15) is 9.90 Å². The van der Waals surface area contributed by atoms with Crippen molar-refractivity contribution in [1.29, 1.82) is 0 Å². The van der Waals surface area contributed by atoms with Gasteiger partial charge in [-0.05, 0) is 28.1 Å². The van der Waals surface area contributed by atoms with Gasteiger partial charge in [0.2, 0.25) is 0 Å². The number of aromatic nitrogens is 2. The van der Waals surface area contributed by atoms with E-state index in [1.165, 1.54) is 6.07 Å². The average molecular weight is 327 g/mol. The normalized spacial score (nSPS) is 18.5. The third kappa shape index (κ3) is 1.94. The number of aromatic carboxylic acids is 1. The highest BCUT2D eigenvalue weighted by atomic mass is 79.9. The van der Waals surface area contributed by atoms with E-state index in [-0.39, 0.29) is 18.2 Å². The second-order valence-corrected chi connectivity index (χ2v) is 5.23. The van der Waals surface area contributed by atoms with E-state index in [1.807, 2.05) is 4.57 Å². The maximum atomic E-state index is 11.0. The van der Waals surface area contributed by atoms with Gasteiger partial charge in [-0.2, -0.15) is 0 Å². The van der Waals surface area contributed by atoms with Crippen LogP contribution in [-0.2, 0) is 11.3 Å². The first-order chi connectivity index (χ1) is 9.11. The fourth-order valence-electron chi connectivity index (χ4n) is 2.34. The second-order valence-electron chi connectivity index (χ2n) is 4.38. The van der Waals surface area contributed by atoms with E-state index in [4.69, 9.17) is 9.84 Å². The van der Waals surface area contributed by atoms with Gasteiger partial charge in [0.15, 0.2) is 0 Å². The quantitative estimate of drug-likeness (QED) is 0.874. The molecular weight excluding hydrogens is 316 g/mol. The Kier molecular flexibility index (Phi) is 3.04. The van der Waals surface area contributed by atoms with E-state index in [2.05, 4.69) is 20.9 Å². The SMILES string of the molecule is O=C(O)c1cc(Br)c2c(c1)nc1n2[C@H](CO)COC1. The second kappa shape index (κ2) is 4.59. The van der Waals surface area contributed by atoms with E-state index >= 15 is 0 Å². The van der Waals surface area contributed by atoms with E-state index in [0.29, 0.717) is 29.0 Å². The smallest absolute Gasteiger partial charge is 0.335 e. The maximum Gasteiger partial charge on any atom is 0.335 e. The molecule has 0 aliphatic carbocycles. The molecule has 2 heterocycles. The van der Waals surface area contributed by atoms with E-state index in [0.717, 1.165) is 5.52 Å². The minimum Gasteiger partial charge on any atom is -0.478 e. The van der Waals surface area contributed by atoms with Gasteiger partial charge in [0.1, 0.15) is 12.4 Å². The lowest BCUT2D eigenvalue weighted by Gasteiger charge is -2.24. The minimum atomic E-state index is -0.997. The summed E-state index contributed by atoms with van der Waals surface area (Å²) in [6, 6.07) is 2.88. The summed E-state index contributed by atoms with van der Waals surface area (Å²) < 4.78 is 7.94.